The van der Waals surface area contributed by atoms with E-state index >= 15 is 0 Å². The molecule has 0 aromatic heterocycles. The topological polar surface area (TPSA) is 27.0 Å². The molecule has 1 aliphatic heterocycles. The van der Waals surface area contributed by atoms with Gasteiger partial charge in [-0.1, -0.05) is 30.3 Å². The average Bonchev–Trinajstić information content (AvgIpc) is 2.78. The number of nitrogens with zero attached hydrogens (tertiary/aromatic N) is 2. The molecule has 0 N–H and O–H groups in total. The Morgan fingerprint density at radius 1 is 1.44 bits per heavy atom. The maximum Gasteiger partial charge on any atom is 0.0625 e. The van der Waals surface area contributed by atoms with Crippen molar-refractivity contribution in [2.45, 2.75) is 25.8 Å². The molecule has 2 nitrogen and oxygen atoms in total. The summed E-state index contributed by atoms with van der Waals surface area (Å²) in [6, 6.07) is 13.4. The normalized spacial score (nSPS) is 22.9. The SMILES string of the molecule is CC(c1ccccc1)N1CCC(CC#N)C1. The van der Waals surface area contributed by atoms with Crippen LogP contribution in [-0.4, -0.2) is 18.0 Å². The molecule has 2 unspecified atom stereocenters. The van der Waals surface area contributed by atoms with Gasteiger partial charge < -0.3 is 0 Å². The van der Waals surface area contributed by atoms with Gasteiger partial charge in [0.1, 0.15) is 0 Å². The first kappa shape index (κ1) is 11.2. The van der Waals surface area contributed by atoms with Crippen LogP contribution in [0.25, 0.3) is 0 Å². The van der Waals surface area contributed by atoms with Crippen molar-refractivity contribution in [3.63, 3.8) is 0 Å². The minimum absolute atomic E-state index is 0.477. The Morgan fingerprint density at radius 2 is 2.19 bits per heavy atom. The summed E-state index contributed by atoms with van der Waals surface area (Å²) in [5, 5.41) is 8.70. The minimum Gasteiger partial charge on any atom is -0.296 e. The highest BCUT2D eigenvalue weighted by atomic mass is 15.2. The lowest BCUT2D eigenvalue weighted by Gasteiger charge is -2.24. The van der Waals surface area contributed by atoms with E-state index in [-0.39, 0.29) is 0 Å². The van der Waals surface area contributed by atoms with E-state index in [1.807, 2.05) is 0 Å². The Hall–Kier alpha value is -1.33. The quantitative estimate of drug-likeness (QED) is 0.773. The van der Waals surface area contributed by atoms with Crippen LogP contribution in [0.4, 0.5) is 0 Å². The van der Waals surface area contributed by atoms with Crippen molar-refractivity contribution in [1.29, 1.82) is 5.26 Å². The molecule has 0 spiro atoms. The molecule has 1 fully saturated rings. The molecule has 0 bridgehead atoms. The Balaban J connectivity index is 1.97. The summed E-state index contributed by atoms with van der Waals surface area (Å²) in [5.41, 5.74) is 1.38. The Morgan fingerprint density at radius 3 is 2.88 bits per heavy atom. The predicted molar refractivity (Wildman–Crippen MR) is 64.8 cm³/mol. The van der Waals surface area contributed by atoms with Gasteiger partial charge in [-0.05, 0) is 31.4 Å². The lowest BCUT2D eigenvalue weighted by atomic mass is 10.1. The fourth-order valence-corrected chi connectivity index (χ4v) is 2.45. The number of nitriles is 1. The largest absolute Gasteiger partial charge is 0.296 e. The van der Waals surface area contributed by atoms with E-state index < -0.39 is 0 Å². The van der Waals surface area contributed by atoms with Crippen LogP contribution in [0.2, 0.25) is 0 Å². The van der Waals surface area contributed by atoms with Crippen LogP contribution in [0.1, 0.15) is 31.4 Å². The highest BCUT2D eigenvalue weighted by molar-refractivity contribution is 5.18. The number of likely N-dealkylation sites (tertiary alicyclic amines) is 1. The molecule has 1 aromatic carbocycles. The third-order valence-electron chi connectivity index (χ3n) is 3.53. The highest BCUT2D eigenvalue weighted by Gasteiger charge is 2.26. The first-order valence-corrected chi connectivity index (χ1v) is 5.97. The lowest BCUT2D eigenvalue weighted by molar-refractivity contribution is 0.253. The summed E-state index contributed by atoms with van der Waals surface area (Å²) in [6.45, 7) is 4.45. The molecule has 16 heavy (non-hydrogen) atoms. The zero-order chi connectivity index (χ0) is 11.4. The highest BCUT2D eigenvalue weighted by Crippen LogP contribution is 2.28. The van der Waals surface area contributed by atoms with Gasteiger partial charge in [0, 0.05) is 19.0 Å². The van der Waals surface area contributed by atoms with Crippen LogP contribution >= 0.6 is 0 Å². The van der Waals surface area contributed by atoms with Crippen molar-refractivity contribution < 1.29 is 0 Å². The van der Waals surface area contributed by atoms with Crippen LogP contribution in [0.15, 0.2) is 30.3 Å². The first-order chi connectivity index (χ1) is 7.81. The van der Waals surface area contributed by atoms with Gasteiger partial charge in [-0.25, -0.2) is 0 Å². The molecule has 84 valence electrons. The maximum atomic E-state index is 8.70. The molecular formula is C14H18N2. The molecule has 0 aliphatic carbocycles. The van der Waals surface area contributed by atoms with Crippen LogP contribution in [-0.2, 0) is 0 Å². The fraction of sp³-hybridized carbons (Fsp3) is 0.500. The average molecular weight is 214 g/mol. The zero-order valence-electron chi connectivity index (χ0n) is 9.76. The third kappa shape index (κ3) is 2.43. The van der Waals surface area contributed by atoms with Crippen LogP contribution in [0.3, 0.4) is 0 Å². The second-order valence-corrected chi connectivity index (χ2v) is 4.60. The van der Waals surface area contributed by atoms with E-state index in [0.29, 0.717) is 18.4 Å². The molecule has 0 amide bonds. The molecule has 1 aromatic rings. The van der Waals surface area contributed by atoms with Crippen LogP contribution in [0.5, 0.6) is 0 Å². The van der Waals surface area contributed by atoms with Crippen molar-refractivity contribution in [3.8, 4) is 6.07 Å². The monoisotopic (exact) mass is 214 g/mol. The van der Waals surface area contributed by atoms with Crippen molar-refractivity contribution in [2.24, 2.45) is 5.92 Å². The van der Waals surface area contributed by atoms with Crippen LogP contribution in [0, 0.1) is 17.2 Å². The molecule has 1 saturated heterocycles. The van der Waals surface area contributed by atoms with E-state index in [0.717, 1.165) is 13.1 Å². The van der Waals surface area contributed by atoms with Gasteiger partial charge in [0.15, 0.2) is 0 Å². The number of hydrogen-bond donors (Lipinski definition) is 0. The van der Waals surface area contributed by atoms with Crippen molar-refractivity contribution in [3.05, 3.63) is 35.9 Å². The number of hydrogen-bond acceptors (Lipinski definition) is 2. The van der Waals surface area contributed by atoms with Crippen LogP contribution < -0.4 is 0 Å². The van der Waals surface area contributed by atoms with Crippen molar-refractivity contribution in [1.82, 2.24) is 4.90 Å². The van der Waals surface area contributed by atoms with E-state index in [1.165, 1.54) is 12.0 Å². The summed E-state index contributed by atoms with van der Waals surface area (Å²) < 4.78 is 0. The molecule has 2 rings (SSSR count). The predicted octanol–water partition coefficient (Wildman–Crippen LogP) is 2.98. The van der Waals surface area contributed by atoms with E-state index in [4.69, 9.17) is 5.26 Å². The van der Waals surface area contributed by atoms with Crippen molar-refractivity contribution in [2.75, 3.05) is 13.1 Å². The second-order valence-electron chi connectivity index (χ2n) is 4.60. The molecule has 1 heterocycles. The van der Waals surface area contributed by atoms with Gasteiger partial charge >= 0.3 is 0 Å². The number of rotatable bonds is 3. The Labute approximate surface area is 97.5 Å². The van der Waals surface area contributed by atoms with Gasteiger partial charge in [-0.15, -0.1) is 0 Å². The summed E-state index contributed by atoms with van der Waals surface area (Å²) in [5.74, 6) is 0.580. The Kier molecular flexibility index (Phi) is 3.58. The maximum absolute atomic E-state index is 8.70. The molecule has 2 heteroatoms. The molecular weight excluding hydrogens is 196 g/mol. The first-order valence-electron chi connectivity index (χ1n) is 5.97. The summed E-state index contributed by atoms with van der Waals surface area (Å²) in [4.78, 5) is 2.48. The second kappa shape index (κ2) is 5.14. The lowest BCUT2D eigenvalue weighted by Crippen LogP contribution is -2.24. The summed E-state index contributed by atoms with van der Waals surface area (Å²) in [7, 11) is 0. The van der Waals surface area contributed by atoms with E-state index in [2.05, 4.69) is 48.2 Å². The summed E-state index contributed by atoms with van der Waals surface area (Å²) in [6.07, 6.45) is 1.88. The smallest absolute Gasteiger partial charge is 0.0625 e. The van der Waals surface area contributed by atoms with E-state index in [9.17, 15) is 0 Å². The molecule has 2 atom stereocenters. The molecule has 0 saturated carbocycles. The number of benzene rings is 1. The Bertz CT molecular complexity index is 366. The van der Waals surface area contributed by atoms with Gasteiger partial charge in [0.05, 0.1) is 6.07 Å². The van der Waals surface area contributed by atoms with Gasteiger partial charge in [-0.3, -0.25) is 4.90 Å². The minimum atomic E-state index is 0.477. The van der Waals surface area contributed by atoms with E-state index in [1.54, 1.807) is 0 Å². The fourth-order valence-electron chi connectivity index (χ4n) is 2.45. The standard InChI is InChI=1S/C14H18N2/c1-12(14-5-3-2-4-6-14)16-10-8-13(11-16)7-9-15/h2-6,12-13H,7-8,10-11H2,1H3. The zero-order valence-corrected chi connectivity index (χ0v) is 9.76. The van der Waals surface area contributed by atoms with Gasteiger partial charge in [0.25, 0.3) is 0 Å². The molecule has 0 radical (unpaired) electrons. The third-order valence-corrected chi connectivity index (χ3v) is 3.53. The van der Waals surface area contributed by atoms with Crippen molar-refractivity contribution >= 4 is 0 Å². The summed E-state index contributed by atoms with van der Waals surface area (Å²) >= 11 is 0. The molecule has 1 aliphatic rings. The van der Waals surface area contributed by atoms with Gasteiger partial charge in [-0.2, -0.15) is 5.26 Å². The van der Waals surface area contributed by atoms with Gasteiger partial charge in [0.2, 0.25) is 0 Å².